The van der Waals surface area contributed by atoms with E-state index in [2.05, 4.69) is 5.32 Å². The van der Waals surface area contributed by atoms with E-state index in [1.165, 1.54) is 6.07 Å². The maximum atomic E-state index is 13.8. The molecule has 148 valence electrons. The minimum atomic E-state index is -4.61. The zero-order valence-corrected chi connectivity index (χ0v) is 13.9. The first-order valence-corrected chi connectivity index (χ1v) is 7.99. The molecule has 1 heterocycles. The SMILES string of the molecule is O=C1NCC(c2cccc(C(F)(F)F)c2)C1C(=O)Nc1ccc(F)c(F)c1F. The van der Waals surface area contributed by atoms with Crippen LogP contribution in [0, 0.1) is 23.4 Å². The molecule has 1 fully saturated rings. The smallest absolute Gasteiger partial charge is 0.355 e. The Kier molecular flexibility index (Phi) is 5.05. The summed E-state index contributed by atoms with van der Waals surface area (Å²) in [6, 6.07) is 5.51. The highest BCUT2D eigenvalue weighted by Gasteiger charge is 2.42. The molecule has 0 radical (unpaired) electrons. The second-order valence-electron chi connectivity index (χ2n) is 6.16. The highest BCUT2D eigenvalue weighted by molar-refractivity contribution is 6.08. The molecule has 1 saturated heterocycles. The molecule has 1 aliphatic rings. The number of nitrogens with one attached hydrogen (secondary N) is 2. The Morgan fingerprint density at radius 3 is 2.46 bits per heavy atom. The first kappa shape index (κ1) is 19.7. The normalized spacial score (nSPS) is 19.4. The minimum Gasteiger partial charge on any atom is -0.355 e. The molecule has 4 nitrogen and oxygen atoms in total. The van der Waals surface area contributed by atoms with Gasteiger partial charge in [-0.15, -0.1) is 0 Å². The van der Waals surface area contributed by atoms with E-state index in [-0.39, 0.29) is 12.1 Å². The Balaban J connectivity index is 1.89. The lowest BCUT2D eigenvalue weighted by Crippen LogP contribution is -2.32. The molecule has 2 amide bonds. The first-order chi connectivity index (χ1) is 13.1. The summed E-state index contributed by atoms with van der Waals surface area (Å²) >= 11 is 0. The van der Waals surface area contributed by atoms with Gasteiger partial charge in [0.25, 0.3) is 0 Å². The van der Waals surface area contributed by atoms with Gasteiger partial charge in [-0.2, -0.15) is 13.2 Å². The monoisotopic (exact) mass is 402 g/mol. The molecule has 10 heteroatoms. The van der Waals surface area contributed by atoms with Crippen molar-refractivity contribution in [3.63, 3.8) is 0 Å². The van der Waals surface area contributed by atoms with Crippen LogP contribution in [0.4, 0.5) is 32.0 Å². The van der Waals surface area contributed by atoms with Gasteiger partial charge < -0.3 is 10.6 Å². The summed E-state index contributed by atoms with van der Waals surface area (Å²) in [4.78, 5) is 24.5. The van der Waals surface area contributed by atoms with Gasteiger partial charge in [0.2, 0.25) is 11.8 Å². The van der Waals surface area contributed by atoms with E-state index in [0.29, 0.717) is 6.07 Å². The molecule has 0 saturated carbocycles. The zero-order valence-electron chi connectivity index (χ0n) is 13.9. The molecule has 1 aliphatic heterocycles. The van der Waals surface area contributed by atoms with E-state index in [1.54, 1.807) is 0 Å². The lowest BCUT2D eigenvalue weighted by Gasteiger charge is -2.18. The van der Waals surface area contributed by atoms with Gasteiger partial charge in [0, 0.05) is 12.5 Å². The summed E-state index contributed by atoms with van der Waals surface area (Å²) < 4.78 is 78.8. The summed E-state index contributed by atoms with van der Waals surface area (Å²) in [7, 11) is 0. The number of hydrogen-bond donors (Lipinski definition) is 2. The van der Waals surface area contributed by atoms with Gasteiger partial charge >= 0.3 is 6.18 Å². The van der Waals surface area contributed by atoms with Crippen LogP contribution < -0.4 is 10.6 Å². The molecular weight excluding hydrogens is 390 g/mol. The van der Waals surface area contributed by atoms with Gasteiger partial charge in [0.1, 0.15) is 5.92 Å². The molecule has 0 aromatic heterocycles. The van der Waals surface area contributed by atoms with Crippen molar-refractivity contribution in [3.8, 4) is 0 Å². The van der Waals surface area contributed by atoms with Crippen molar-refractivity contribution < 1.29 is 35.9 Å². The number of anilines is 1. The Morgan fingerprint density at radius 1 is 1.07 bits per heavy atom. The van der Waals surface area contributed by atoms with Crippen LogP contribution in [0.25, 0.3) is 0 Å². The van der Waals surface area contributed by atoms with E-state index in [1.807, 2.05) is 5.32 Å². The van der Waals surface area contributed by atoms with Gasteiger partial charge in [-0.25, -0.2) is 13.2 Å². The number of alkyl halides is 3. The predicted octanol–water partition coefficient (Wildman–Crippen LogP) is 3.59. The summed E-state index contributed by atoms with van der Waals surface area (Å²) in [6.45, 7) is -0.113. The minimum absolute atomic E-state index is 0.0825. The van der Waals surface area contributed by atoms with Gasteiger partial charge in [-0.05, 0) is 23.8 Å². The molecule has 2 aromatic rings. The highest BCUT2D eigenvalue weighted by Crippen LogP contribution is 2.35. The molecule has 2 N–H and O–H groups in total. The Bertz CT molecular complexity index is 944. The molecule has 2 unspecified atom stereocenters. The van der Waals surface area contributed by atoms with Crippen LogP contribution >= 0.6 is 0 Å². The van der Waals surface area contributed by atoms with E-state index in [0.717, 1.165) is 24.3 Å². The molecule has 2 atom stereocenters. The van der Waals surface area contributed by atoms with Crippen molar-refractivity contribution >= 4 is 17.5 Å². The summed E-state index contributed by atoms with van der Waals surface area (Å²) in [5, 5.41) is 4.36. The lowest BCUT2D eigenvalue weighted by atomic mass is 9.87. The Morgan fingerprint density at radius 2 is 1.79 bits per heavy atom. The van der Waals surface area contributed by atoms with Crippen LogP contribution in [-0.4, -0.2) is 18.4 Å². The van der Waals surface area contributed by atoms with Crippen molar-refractivity contribution in [2.75, 3.05) is 11.9 Å². The molecule has 3 rings (SSSR count). The van der Waals surface area contributed by atoms with Gasteiger partial charge in [0.05, 0.1) is 11.3 Å². The van der Waals surface area contributed by atoms with E-state index < -0.39 is 58.5 Å². The van der Waals surface area contributed by atoms with E-state index in [9.17, 15) is 35.9 Å². The third-order valence-corrected chi connectivity index (χ3v) is 4.40. The van der Waals surface area contributed by atoms with Gasteiger partial charge in [-0.3, -0.25) is 9.59 Å². The van der Waals surface area contributed by atoms with Crippen molar-refractivity contribution in [1.82, 2.24) is 5.32 Å². The maximum absolute atomic E-state index is 13.8. The number of rotatable bonds is 3. The fourth-order valence-electron chi connectivity index (χ4n) is 3.01. The van der Waals surface area contributed by atoms with Crippen LogP contribution in [0.5, 0.6) is 0 Å². The summed E-state index contributed by atoms with van der Waals surface area (Å²) in [5.74, 6) is -9.18. The largest absolute Gasteiger partial charge is 0.416 e. The fraction of sp³-hybridized carbons (Fsp3) is 0.222. The van der Waals surface area contributed by atoms with Gasteiger partial charge in [0.15, 0.2) is 17.5 Å². The molecule has 28 heavy (non-hydrogen) atoms. The summed E-state index contributed by atoms with van der Waals surface area (Å²) in [6.07, 6.45) is -4.61. The molecule has 0 spiro atoms. The number of carbonyl (C=O) groups is 2. The van der Waals surface area contributed by atoms with Crippen LogP contribution in [0.3, 0.4) is 0 Å². The third kappa shape index (κ3) is 3.67. The summed E-state index contributed by atoms with van der Waals surface area (Å²) in [5.41, 5.74) is -1.55. The fourth-order valence-corrected chi connectivity index (χ4v) is 3.01. The standard InChI is InChI=1S/C18H12F6N2O2/c19-11-4-5-12(15(21)14(11)20)26-17(28)13-10(7-25-16(13)27)8-2-1-3-9(6-8)18(22,23)24/h1-6,10,13H,7H2,(H,25,27)(H,26,28). The Hall–Kier alpha value is -3.04. The molecule has 0 aliphatic carbocycles. The number of halogens is 6. The molecular formula is C18H12F6N2O2. The number of benzene rings is 2. The van der Waals surface area contributed by atoms with Crippen LogP contribution in [0.2, 0.25) is 0 Å². The Labute approximate surface area is 154 Å². The van der Waals surface area contributed by atoms with Crippen molar-refractivity contribution in [2.24, 2.45) is 5.92 Å². The zero-order chi connectivity index (χ0) is 20.6. The van der Waals surface area contributed by atoms with Crippen molar-refractivity contribution in [3.05, 3.63) is 65.0 Å². The highest BCUT2D eigenvalue weighted by atomic mass is 19.4. The second kappa shape index (κ2) is 7.17. The van der Waals surface area contributed by atoms with Crippen LogP contribution in [0.1, 0.15) is 17.0 Å². The maximum Gasteiger partial charge on any atom is 0.416 e. The average Bonchev–Trinajstić information content (AvgIpc) is 3.03. The van der Waals surface area contributed by atoms with E-state index in [4.69, 9.17) is 0 Å². The van der Waals surface area contributed by atoms with Crippen LogP contribution in [-0.2, 0) is 15.8 Å². The lowest BCUT2D eigenvalue weighted by molar-refractivity contribution is -0.137. The first-order valence-electron chi connectivity index (χ1n) is 7.99. The molecule has 2 aromatic carbocycles. The predicted molar refractivity (Wildman–Crippen MR) is 85.6 cm³/mol. The number of amides is 2. The third-order valence-electron chi connectivity index (χ3n) is 4.40. The molecule has 0 bridgehead atoms. The second-order valence-corrected chi connectivity index (χ2v) is 6.16. The average molecular weight is 402 g/mol. The number of hydrogen-bond acceptors (Lipinski definition) is 2. The van der Waals surface area contributed by atoms with Crippen molar-refractivity contribution in [1.29, 1.82) is 0 Å². The topological polar surface area (TPSA) is 58.2 Å². The quantitative estimate of drug-likeness (QED) is 0.468. The van der Waals surface area contributed by atoms with Gasteiger partial charge in [-0.1, -0.05) is 18.2 Å². The van der Waals surface area contributed by atoms with Crippen molar-refractivity contribution in [2.45, 2.75) is 12.1 Å². The number of carbonyl (C=O) groups excluding carboxylic acids is 2. The van der Waals surface area contributed by atoms with Crippen LogP contribution in [0.15, 0.2) is 36.4 Å². The van der Waals surface area contributed by atoms with E-state index >= 15 is 0 Å².